The van der Waals surface area contributed by atoms with Gasteiger partial charge in [-0.05, 0) is 91.7 Å². The molecule has 0 spiro atoms. The van der Waals surface area contributed by atoms with Gasteiger partial charge in [0, 0.05) is 36.4 Å². The van der Waals surface area contributed by atoms with E-state index in [-0.39, 0.29) is 41.1 Å². The maximum Gasteiger partial charge on any atom is 0.253 e. The Kier molecular flexibility index (Phi) is 8.44. The average Bonchev–Trinajstić information content (AvgIpc) is 3.23. The van der Waals surface area contributed by atoms with E-state index >= 15 is 4.39 Å². The summed E-state index contributed by atoms with van der Waals surface area (Å²) in [4.78, 5) is 28.2. The molecule has 0 aromatic heterocycles. The minimum absolute atomic E-state index is 0.0987. The largest absolute Gasteiger partial charge is 0.508 e. The van der Waals surface area contributed by atoms with Crippen molar-refractivity contribution in [1.82, 2.24) is 4.90 Å². The third-order valence-electron chi connectivity index (χ3n) is 10.1. The number of Topliss-reactive ketones (excluding diaryl/α,β-unsaturated/α-hetero) is 1. The van der Waals surface area contributed by atoms with Crippen LogP contribution < -0.4 is 0 Å². The molecule has 2 aromatic carbocycles. The van der Waals surface area contributed by atoms with Crippen molar-refractivity contribution >= 4 is 11.7 Å². The van der Waals surface area contributed by atoms with Crippen molar-refractivity contribution < 1.29 is 19.1 Å². The number of benzene rings is 2. The number of fused-ring (bicyclic) bond motifs is 5. The van der Waals surface area contributed by atoms with Crippen LogP contribution in [-0.2, 0) is 11.2 Å². The fourth-order valence-corrected chi connectivity index (χ4v) is 8.17. The lowest BCUT2D eigenvalue weighted by Crippen LogP contribution is -2.50. The number of hydrogen-bond acceptors (Lipinski definition) is 3. The van der Waals surface area contributed by atoms with Crippen molar-refractivity contribution in [3.8, 4) is 5.75 Å². The lowest BCUT2D eigenvalue weighted by atomic mass is 9.51. The van der Waals surface area contributed by atoms with Gasteiger partial charge in [-0.15, -0.1) is 0 Å². The number of alkyl halides is 1. The van der Waals surface area contributed by atoms with Gasteiger partial charge in [-0.25, -0.2) is 4.39 Å². The van der Waals surface area contributed by atoms with Crippen LogP contribution in [0.25, 0.3) is 0 Å². The topological polar surface area (TPSA) is 57.6 Å². The molecular formula is C34H44FNO3. The summed E-state index contributed by atoms with van der Waals surface area (Å²) in [6.07, 6.45) is 7.59. The van der Waals surface area contributed by atoms with Gasteiger partial charge >= 0.3 is 0 Å². The van der Waals surface area contributed by atoms with E-state index in [0.29, 0.717) is 12.8 Å². The van der Waals surface area contributed by atoms with Gasteiger partial charge in [0.25, 0.3) is 5.91 Å². The Bertz CT molecular complexity index is 1170. The third kappa shape index (κ3) is 5.51. The number of halogens is 1. The number of rotatable bonds is 10. The van der Waals surface area contributed by atoms with Gasteiger partial charge in [-0.1, -0.05) is 57.4 Å². The molecule has 1 N–H and O–H groups in total. The number of hydrogen-bond donors (Lipinski definition) is 1. The quantitative estimate of drug-likeness (QED) is 0.322. The molecule has 3 aliphatic carbocycles. The first-order valence-corrected chi connectivity index (χ1v) is 15.2. The number of unbranched alkanes of at least 4 members (excludes halogenated alkanes) is 3. The van der Waals surface area contributed by atoms with Crippen LogP contribution in [0.15, 0.2) is 48.5 Å². The van der Waals surface area contributed by atoms with E-state index in [1.165, 1.54) is 0 Å². The Morgan fingerprint density at radius 1 is 1.08 bits per heavy atom. The number of ketones is 1. The predicted molar refractivity (Wildman–Crippen MR) is 153 cm³/mol. The van der Waals surface area contributed by atoms with Crippen molar-refractivity contribution in [2.75, 3.05) is 13.1 Å². The van der Waals surface area contributed by atoms with E-state index in [9.17, 15) is 14.7 Å². The van der Waals surface area contributed by atoms with Gasteiger partial charge in [-0.3, -0.25) is 9.59 Å². The number of amides is 1. The molecule has 210 valence electrons. The van der Waals surface area contributed by atoms with Crippen LogP contribution >= 0.6 is 0 Å². The molecule has 4 nitrogen and oxygen atoms in total. The van der Waals surface area contributed by atoms with Gasteiger partial charge in [0.15, 0.2) is 0 Å². The van der Waals surface area contributed by atoms with Gasteiger partial charge in [0.05, 0.1) is 0 Å². The Hall–Kier alpha value is -2.69. The number of phenols is 1. The van der Waals surface area contributed by atoms with E-state index in [2.05, 4.69) is 6.92 Å². The second kappa shape index (κ2) is 11.8. The molecule has 0 aliphatic heterocycles. The second-order valence-electron chi connectivity index (χ2n) is 12.5. The first kappa shape index (κ1) is 27.9. The smallest absolute Gasteiger partial charge is 0.253 e. The van der Waals surface area contributed by atoms with Crippen molar-refractivity contribution in [1.29, 1.82) is 0 Å². The maximum atomic E-state index is 16.0. The zero-order chi connectivity index (χ0) is 27.6. The summed E-state index contributed by atoms with van der Waals surface area (Å²) < 4.78 is 16.0. The molecule has 5 heteroatoms. The van der Waals surface area contributed by atoms with E-state index in [4.69, 9.17) is 0 Å². The number of carbonyl (C=O) groups excluding carboxylic acids is 2. The highest BCUT2D eigenvalue weighted by atomic mass is 19.1. The summed E-state index contributed by atoms with van der Waals surface area (Å²) in [5, 5.41) is 10.2. The molecule has 0 radical (unpaired) electrons. The number of phenolic OH excluding ortho intramolecular Hbond substituents is 1. The molecule has 0 bridgehead atoms. The van der Waals surface area contributed by atoms with E-state index in [1.54, 1.807) is 6.07 Å². The van der Waals surface area contributed by atoms with Crippen molar-refractivity contribution in [2.45, 2.75) is 90.1 Å². The van der Waals surface area contributed by atoms with Gasteiger partial charge in [-0.2, -0.15) is 0 Å². The van der Waals surface area contributed by atoms with Crippen molar-refractivity contribution in [3.63, 3.8) is 0 Å². The predicted octanol–water partition coefficient (Wildman–Crippen LogP) is 7.49. The summed E-state index contributed by atoms with van der Waals surface area (Å²) in [5.74, 6) is 1.02. The molecule has 3 aliphatic rings. The molecule has 2 fully saturated rings. The zero-order valence-electron chi connectivity index (χ0n) is 23.6. The van der Waals surface area contributed by atoms with Crippen LogP contribution in [0.5, 0.6) is 5.75 Å². The highest BCUT2D eigenvalue weighted by Crippen LogP contribution is 2.62. The summed E-state index contributed by atoms with van der Waals surface area (Å²) in [7, 11) is 0. The standard InChI is InChI=1S/C34H44FNO3/c1-3-4-9-18-36(33(39)23-11-6-5-7-12-23)19-10-8-13-24-20-25-21-26(37)14-15-27(25)32-29(35)22-34(2)28(31(24)32)16-17-30(34)38/h5-7,11-12,14-15,21,24,28-29,31-32,37H,3-4,8-10,13,16-20,22H2,1-2H3/t24-,28?,29+,31?,32?,34+/m1/s1. The highest BCUT2D eigenvalue weighted by Gasteiger charge is 2.60. The molecule has 5 rings (SSSR count). The fraction of sp³-hybridized carbons (Fsp3) is 0.588. The highest BCUT2D eigenvalue weighted by molar-refractivity contribution is 5.94. The van der Waals surface area contributed by atoms with Gasteiger partial charge < -0.3 is 10.0 Å². The SMILES string of the molecule is CCCCCN(CCCC[C@@H]1Cc2cc(O)ccc2C2C1C1CCC(=O)[C@@]1(C)C[C@@H]2F)C(=O)c1ccccc1. The summed E-state index contributed by atoms with van der Waals surface area (Å²) >= 11 is 0. The average molecular weight is 534 g/mol. The van der Waals surface area contributed by atoms with Crippen LogP contribution in [0.1, 0.15) is 99.0 Å². The Labute approximate surface area is 233 Å². The molecular weight excluding hydrogens is 489 g/mol. The summed E-state index contributed by atoms with van der Waals surface area (Å²) in [6, 6.07) is 15.0. The molecule has 3 unspecified atom stereocenters. The van der Waals surface area contributed by atoms with Crippen LogP contribution in [0.4, 0.5) is 4.39 Å². The van der Waals surface area contributed by atoms with Crippen molar-refractivity contribution in [3.05, 3.63) is 65.2 Å². The van der Waals surface area contributed by atoms with Crippen LogP contribution in [-0.4, -0.2) is 41.0 Å². The molecule has 39 heavy (non-hydrogen) atoms. The van der Waals surface area contributed by atoms with Crippen LogP contribution in [0, 0.1) is 23.2 Å². The van der Waals surface area contributed by atoms with Crippen LogP contribution in [0.2, 0.25) is 0 Å². The summed E-state index contributed by atoms with van der Waals surface area (Å²) in [5.41, 5.74) is 2.29. The monoisotopic (exact) mass is 533 g/mol. The normalized spacial score (nSPS) is 29.4. The first-order valence-electron chi connectivity index (χ1n) is 15.2. The lowest BCUT2D eigenvalue weighted by Gasteiger charge is -2.53. The maximum absolute atomic E-state index is 16.0. The first-order chi connectivity index (χ1) is 18.8. The lowest BCUT2D eigenvalue weighted by molar-refractivity contribution is -0.132. The van der Waals surface area contributed by atoms with E-state index < -0.39 is 11.6 Å². The Morgan fingerprint density at radius 2 is 1.82 bits per heavy atom. The molecule has 0 heterocycles. The number of nitrogens with zero attached hydrogens (tertiary/aromatic N) is 1. The van der Waals surface area contributed by atoms with E-state index in [1.807, 2.05) is 54.3 Å². The molecule has 1 amide bonds. The van der Waals surface area contributed by atoms with E-state index in [0.717, 1.165) is 81.1 Å². The molecule has 6 atom stereocenters. The molecule has 2 aromatic rings. The number of aromatic hydroxyl groups is 1. The molecule has 0 saturated heterocycles. The van der Waals surface area contributed by atoms with Crippen LogP contribution in [0.3, 0.4) is 0 Å². The Morgan fingerprint density at radius 3 is 2.56 bits per heavy atom. The minimum atomic E-state index is -1.04. The molecule has 2 saturated carbocycles. The Balaban J connectivity index is 1.31. The summed E-state index contributed by atoms with van der Waals surface area (Å²) in [6.45, 7) is 5.69. The van der Waals surface area contributed by atoms with Gasteiger partial charge in [0.2, 0.25) is 0 Å². The minimum Gasteiger partial charge on any atom is -0.508 e. The van der Waals surface area contributed by atoms with Crippen molar-refractivity contribution in [2.24, 2.45) is 23.2 Å². The zero-order valence-corrected chi connectivity index (χ0v) is 23.6. The fourth-order valence-electron chi connectivity index (χ4n) is 8.17. The second-order valence-corrected chi connectivity index (χ2v) is 12.5. The third-order valence-corrected chi connectivity index (χ3v) is 10.1. The number of carbonyl (C=O) groups is 2. The van der Waals surface area contributed by atoms with Gasteiger partial charge in [0.1, 0.15) is 17.7 Å².